The molecule has 134 valence electrons. The molecule has 3 unspecified atom stereocenters. The van der Waals surface area contributed by atoms with Gasteiger partial charge in [-0.2, -0.15) is 13.2 Å². The van der Waals surface area contributed by atoms with Gasteiger partial charge in [-0.25, -0.2) is 0 Å². The van der Waals surface area contributed by atoms with Crippen LogP contribution in [0.4, 0.5) is 13.2 Å². The summed E-state index contributed by atoms with van der Waals surface area (Å²) in [5, 5.41) is 3.20. The Kier molecular flexibility index (Phi) is 5.81. The van der Waals surface area contributed by atoms with Gasteiger partial charge in [0.05, 0.1) is 5.56 Å². The third kappa shape index (κ3) is 4.03. The van der Waals surface area contributed by atoms with E-state index in [1.807, 2.05) is 11.9 Å². The molecule has 1 aromatic rings. The molecule has 0 bridgehead atoms. The van der Waals surface area contributed by atoms with Gasteiger partial charge in [0.15, 0.2) is 0 Å². The summed E-state index contributed by atoms with van der Waals surface area (Å²) in [6.07, 6.45) is -1.65. The van der Waals surface area contributed by atoms with Crippen LogP contribution in [0, 0.1) is 5.92 Å². The summed E-state index contributed by atoms with van der Waals surface area (Å²) in [4.78, 5) is 14.4. The van der Waals surface area contributed by atoms with E-state index in [-0.39, 0.29) is 30.2 Å². The Balaban J connectivity index is 0.00000208. The van der Waals surface area contributed by atoms with Crippen LogP contribution in [0.1, 0.15) is 36.3 Å². The Bertz CT molecular complexity index is 593. The highest BCUT2D eigenvalue weighted by Crippen LogP contribution is 2.49. The first-order valence-electron chi connectivity index (χ1n) is 8.03. The standard InChI is InChI=1S/C17H21F3N2O.ClH/c1-21-13-6-3-7-22(10-13)16(23)15-9-14(15)11-4-2-5-12(8-11)17(18,19)20;/h2,4-5,8,13-15,21H,3,6-7,9-10H2,1H3;1H. The fourth-order valence-electron chi connectivity index (χ4n) is 3.43. The van der Waals surface area contributed by atoms with Crippen LogP contribution in [-0.2, 0) is 11.0 Å². The summed E-state index contributed by atoms with van der Waals surface area (Å²) in [5.41, 5.74) is -0.0123. The number of likely N-dealkylation sites (tertiary alicyclic amines) is 1. The van der Waals surface area contributed by atoms with Gasteiger partial charge in [0, 0.05) is 25.0 Å². The number of nitrogens with one attached hydrogen (secondary N) is 1. The highest BCUT2D eigenvalue weighted by molar-refractivity contribution is 5.85. The highest BCUT2D eigenvalue weighted by atomic mass is 35.5. The first-order valence-corrected chi connectivity index (χ1v) is 8.03. The van der Waals surface area contributed by atoms with Crippen LogP contribution in [0.5, 0.6) is 0 Å². The van der Waals surface area contributed by atoms with Crippen LogP contribution in [0.3, 0.4) is 0 Å². The molecule has 1 saturated carbocycles. The maximum atomic E-state index is 12.8. The van der Waals surface area contributed by atoms with E-state index in [0.717, 1.165) is 25.5 Å². The van der Waals surface area contributed by atoms with Gasteiger partial charge in [-0.3, -0.25) is 4.79 Å². The third-order valence-electron chi connectivity index (χ3n) is 4.89. The lowest BCUT2D eigenvalue weighted by atomic mass is 10.0. The predicted molar refractivity (Wildman–Crippen MR) is 88.2 cm³/mol. The Morgan fingerprint density at radius 3 is 2.75 bits per heavy atom. The number of hydrogen-bond acceptors (Lipinski definition) is 2. The quantitative estimate of drug-likeness (QED) is 0.893. The van der Waals surface area contributed by atoms with Gasteiger partial charge in [0.2, 0.25) is 5.91 Å². The number of hydrogen-bond donors (Lipinski definition) is 1. The molecule has 1 heterocycles. The van der Waals surface area contributed by atoms with Crippen molar-refractivity contribution in [3.05, 3.63) is 35.4 Å². The summed E-state index contributed by atoms with van der Waals surface area (Å²) in [6, 6.07) is 5.70. The average molecular weight is 363 g/mol. The molecule has 1 aromatic carbocycles. The summed E-state index contributed by atoms with van der Waals surface area (Å²) in [6.45, 7) is 1.45. The maximum Gasteiger partial charge on any atom is 0.416 e. The fourth-order valence-corrected chi connectivity index (χ4v) is 3.43. The van der Waals surface area contributed by atoms with Crippen molar-refractivity contribution in [2.45, 2.75) is 37.4 Å². The first-order chi connectivity index (χ1) is 10.9. The van der Waals surface area contributed by atoms with Crippen molar-refractivity contribution < 1.29 is 18.0 Å². The van der Waals surface area contributed by atoms with Gasteiger partial charge in [-0.1, -0.05) is 18.2 Å². The predicted octanol–water partition coefficient (Wildman–Crippen LogP) is 3.44. The average Bonchev–Trinajstić information content (AvgIpc) is 3.34. The second-order valence-electron chi connectivity index (χ2n) is 6.48. The van der Waals surface area contributed by atoms with E-state index in [1.54, 1.807) is 6.07 Å². The molecule has 1 amide bonds. The minimum absolute atomic E-state index is 0. The van der Waals surface area contributed by atoms with Crippen LogP contribution in [0.15, 0.2) is 24.3 Å². The first kappa shape index (κ1) is 19.1. The number of carbonyl (C=O) groups is 1. The second kappa shape index (κ2) is 7.31. The lowest BCUT2D eigenvalue weighted by Gasteiger charge is -2.32. The summed E-state index contributed by atoms with van der Waals surface area (Å²) >= 11 is 0. The molecule has 1 N–H and O–H groups in total. The summed E-state index contributed by atoms with van der Waals surface area (Å²) in [5.74, 6) is -0.138. The third-order valence-corrected chi connectivity index (χ3v) is 4.89. The summed E-state index contributed by atoms with van der Waals surface area (Å²) in [7, 11) is 1.89. The molecule has 3 rings (SSSR count). The van der Waals surface area contributed by atoms with E-state index in [4.69, 9.17) is 0 Å². The highest BCUT2D eigenvalue weighted by Gasteiger charge is 2.46. The number of amides is 1. The van der Waals surface area contributed by atoms with E-state index in [2.05, 4.69) is 5.32 Å². The molecule has 3 nitrogen and oxygen atoms in total. The zero-order valence-electron chi connectivity index (χ0n) is 13.5. The van der Waals surface area contributed by atoms with Crippen LogP contribution in [0.25, 0.3) is 0 Å². The number of carbonyl (C=O) groups excluding carboxylic acids is 1. The van der Waals surface area contributed by atoms with Crippen molar-refractivity contribution in [3.63, 3.8) is 0 Å². The van der Waals surface area contributed by atoms with Crippen molar-refractivity contribution in [1.82, 2.24) is 10.2 Å². The van der Waals surface area contributed by atoms with Crippen molar-refractivity contribution in [1.29, 1.82) is 0 Å². The van der Waals surface area contributed by atoms with Gasteiger partial charge >= 0.3 is 6.18 Å². The number of likely N-dealkylation sites (N-methyl/N-ethyl adjacent to an activating group) is 1. The van der Waals surface area contributed by atoms with Crippen LogP contribution in [0.2, 0.25) is 0 Å². The van der Waals surface area contributed by atoms with Crippen LogP contribution in [-0.4, -0.2) is 37.0 Å². The number of piperidine rings is 1. The molecule has 24 heavy (non-hydrogen) atoms. The topological polar surface area (TPSA) is 32.3 Å². The van der Waals surface area contributed by atoms with E-state index in [9.17, 15) is 18.0 Å². The summed E-state index contributed by atoms with van der Waals surface area (Å²) < 4.78 is 38.4. The molecule has 2 fully saturated rings. The Morgan fingerprint density at radius 2 is 2.08 bits per heavy atom. The van der Waals surface area contributed by atoms with E-state index in [0.29, 0.717) is 24.6 Å². The molecule has 1 saturated heterocycles. The van der Waals surface area contributed by atoms with Gasteiger partial charge in [0.25, 0.3) is 0 Å². The van der Waals surface area contributed by atoms with E-state index < -0.39 is 11.7 Å². The zero-order chi connectivity index (χ0) is 16.6. The Labute approximate surface area is 146 Å². The number of nitrogens with zero attached hydrogens (tertiary/aromatic N) is 1. The second-order valence-corrected chi connectivity index (χ2v) is 6.48. The van der Waals surface area contributed by atoms with Gasteiger partial charge < -0.3 is 10.2 Å². The molecule has 1 aliphatic carbocycles. The molecule has 1 aliphatic heterocycles. The maximum absolute atomic E-state index is 12.8. The van der Waals surface area contributed by atoms with Gasteiger partial charge in [-0.05, 0) is 43.9 Å². The molecular weight excluding hydrogens is 341 g/mol. The molecular formula is C17H22ClF3N2O. The van der Waals surface area contributed by atoms with Crippen molar-refractivity contribution >= 4 is 18.3 Å². The van der Waals surface area contributed by atoms with E-state index >= 15 is 0 Å². The van der Waals surface area contributed by atoms with Gasteiger partial charge in [-0.15, -0.1) is 12.4 Å². The Hall–Kier alpha value is -1.27. The lowest BCUT2D eigenvalue weighted by Crippen LogP contribution is -2.47. The van der Waals surface area contributed by atoms with Crippen LogP contribution >= 0.6 is 12.4 Å². The minimum Gasteiger partial charge on any atom is -0.341 e. The molecule has 0 radical (unpaired) electrons. The monoisotopic (exact) mass is 362 g/mol. The fraction of sp³-hybridized carbons (Fsp3) is 0.588. The van der Waals surface area contributed by atoms with E-state index in [1.165, 1.54) is 12.1 Å². The number of alkyl halides is 3. The van der Waals surface area contributed by atoms with Crippen molar-refractivity contribution in [2.75, 3.05) is 20.1 Å². The zero-order valence-corrected chi connectivity index (χ0v) is 14.3. The molecule has 7 heteroatoms. The number of halogens is 4. The molecule has 2 aliphatic rings. The van der Waals surface area contributed by atoms with Gasteiger partial charge in [0.1, 0.15) is 0 Å². The normalized spacial score (nSPS) is 26.7. The van der Waals surface area contributed by atoms with Crippen molar-refractivity contribution in [3.8, 4) is 0 Å². The largest absolute Gasteiger partial charge is 0.416 e. The van der Waals surface area contributed by atoms with Crippen molar-refractivity contribution in [2.24, 2.45) is 5.92 Å². The van der Waals surface area contributed by atoms with Crippen LogP contribution < -0.4 is 5.32 Å². The SMILES string of the molecule is CNC1CCCN(C(=O)C2CC2c2cccc(C(F)(F)F)c2)C1.Cl. The molecule has 3 atom stereocenters. The number of benzene rings is 1. The lowest BCUT2D eigenvalue weighted by molar-refractivity contribution is -0.137. The molecule has 0 spiro atoms. The smallest absolute Gasteiger partial charge is 0.341 e. The Morgan fingerprint density at radius 1 is 1.33 bits per heavy atom. The molecule has 0 aromatic heterocycles. The minimum atomic E-state index is -4.34. The number of rotatable bonds is 3.